The second kappa shape index (κ2) is 8.32. The number of nitrogens with one attached hydrogen (secondary N) is 1. The van der Waals surface area contributed by atoms with Crippen molar-refractivity contribution in [2.45, 2.75) is 57.9 Å². The second-order valence-electron chi connectivity index (χ2n) is 8.60. The first-order valence-electron chi connectivity index (χ1n) is 11.1. The molecule has 1 aromatic rings. The van der Waals surface area contributed by atoms with Crippen LogP contribution in [0.1, 0.15) is 66.9 Å². The molecule has 4 heteroatoms. The van der Waals surface area contributed by atoms with Gasteiger partial charge in [-0.25, -0.2) is 0 Å². The van der Waals surface area contributed by atoms with E-state index in [1.165, 1.54) is 56.4 Å². The van der Waals surface area contributed by atoms with Gasteiger partial charge in [-0.2, -0.15) is 0 Å². The normalized spacial score (nSPS) is 29.4. The van der Waals surface area contributed by atoms with Crippen molar-refractivity contribution in [1.82, 2.24) is 15.1 Å². The Morgan fingerprint density at radius 1 is 1.19 bits per heavy atom. The lowest BCUT2D eigenvalue weighted by molar-refractivity contribution is 0.0716. The molecule has 4 nitrogen and oxygen atoms in total. The number of piperidine rings is 3. The number of carbonyl (C=O) groups excluding carboxylic acids is 1. The van der Waals surface area contributed by atoms with Crippen molar-refractivity contribution in [2.24, 2.45) is 5.92 Å². The molecule has 148 valence electrons. The van der Waals surface area contributed by atoms with E-state index < -0.39 is 0 Å². The fraction of sp³-hybridized carbons (Fsp3) is 0.696. The lowest BCUT2D eigenvalue weighted by atomic mass is 9.79. The third-order valence-corrected chi connectivity index (χ3v) is 7.17. The van der Waals surface area contributed by atoms with E-state index >= 15 is 0 Å². The zero-order valence-electron chi connectivity index (χ0n) is 17.0. The van der Waals surface area contributed by atoms with Gasteiger partial charge in [0, 0.05) is 37.8 Å². The van der Waals surface area contributed by atoms with Crippen LogP contribution in [0.25, 0.3) is 0 Å². The molecule has 0 spiro atoms. The van der Waals surface area contributed by atoms with Crippen LogP contribution in [0, 0.1) is 5.92 Å². The highest BCUT2D eigenvalue weighted by atomic mass is 16.2. The van der Waals surface area contributed by atoms with Gasteiger partial charge in [-0.05, 0) is 88.1 Å². The number of benzene rings is 1. The Bertz CT molecular complexity index is 662. The molecule has 27 heavy (non-hydrogen) atoms. The van der Waals surface area contributed by atoms with E-state index in [2.05, 4.69) is 42.3 Å². The van der Waals surface area contributed by atoms with Crippen LogP contribution in [0.3, 0.4) is 0 Å². The number of nitrogens with zero attached hydrogens (tertiary/aromatic N) is 2. The van der Waals surface area contributed by atoms with Crippen molar-refractivity contribution in [3.63, 3.8) is 0 Å². The van der Waals surface area contributed by atoms with Gasteiger partial charge in [-0.1, -0.05) is 12.1 Å². The van der Waals surface area contributed by atoms with Gasteiger partial charge >= 0.3 is 0 Å². The van der Waals surface area contributed by atoms with E-state index in [4.69, 9.17) is 0 Å². The van der Waals surface area contributed by atoms with Crippen LogP contribution in [0.4, 0.5) is 0 Å². The Hall–Kier alpha value is -1.39. The maximum absolute atomic E-state index is 13.1. The molecular formula is C23H35N3O. The predicted molar refractivity (Wildman–Crippen MR) is 110 cm³/mol. The van der Waals surface area contributed by atoms with Crippen molar-refractivity contribution in [3.8, 4) is 0 Å². The molecule has 5 rings (SSSR count). The van der Waals surface area contributed by atoms with Crippen molar-refractivity contribution in [3.05, 3.63) is 34.9 Å². The Morgan fingerprint density at radius 2 is 1.96 bits per heavy atom. The summed E-state index contributed by atoms with van der Waals surface area (Å²) in [6.45, 7) is 10.5. The summed E-state index contributed by atoms with van der Waals surface area (Å²) in [6.07, 6.45) is 6.26. The smallest absolute Gasteiger partial charge is 0.254 e. The molecule has 3 heterocycles. The van der Waals surface area contributed by atoms with Crippen LogP contribution < -0.4 is 5.32 Å². The summed E-state index contributed by atoms with van der Waals surface area (Å²) in [5.41, 5.74) is 3.70. The Kier molecular flexibility index (Phi) is 5.84. The zero-order valence-corrected chi connectivity index (χ0v) is 17.0. The largest absolute Gasteiger partial charge is 0.339 e. The fourth-order valence-corrected chi connectivity index (χ4v) is 5.56. The molecule has 1 aliphatic carbocycles. The number of hydrogen-bond donors (Lipinski definition) is 1. The second-order valence-corrected chi connectivity index (χ2v) is 8.60. The molecule has 0 unspecified atom stereocenters. The third kappa shape index (κ3) is 3.79. The van der Waals surface area contributed by atoms with E-state index in [1.807, 2.05) is 4.90 Å². The minimum atomic E-state index is 0.214. The van der Waals surface area contributed by atoms with Gasteiger partial charge in [-0.15, -0.1) is 0 Å². The average molecular weight is 370 g/mol. The standard InChI is InChI=1S/C23H35N3O/c1-3-26(4-2)23(27)20-10-6-8-18-7-5-9-19(22(18)20)15-24-21-16-25-13-11-17(21)12-14-25/h6,8,10,17,19,21,24H,3-5,7,9,11-16H2,1-2H3/t19-,21+/m1/s1. The lowest BCUT2D eigenvalue weighted by Gasteiger charge is -2.45. The Labute approximate surface area is 164 Å². The van der Waals surface area contributed by atoms with Crippen molar-refractivity contribution in [2.75, 3.05) is 39.3 Å². The lowest BCUT2D eigenvalue weighted by Crippen LogP contribution is -2.56. The summed E-state index contributed by atoms with van der Waals surface area (Å²) in [4.78, 5) is 17.7. The van der Waals surface area contributed by atoms with Crippen LogP contribution in [0.5, 0.6) is 0 Å². The molecule has 1 amide bonds. The van der Waals surface area contributed by atoms with E-state index in [0.29, 0.717) is 12.0 Å². The number of carbonyl (C=O) groups is 1. The molecule has 3 aliphatic heterocycles. The molecule has 0 radical (unpaired) electrons. The highest BCUT2D eigenvalue weighted by Crippen LogP contribution is 2.35. The van der Waals surface area contributed by atoms with Crippen LogP contribution in [0.15, 0.2) is 18.2 Å². The molecule has 2 atom stereocenters. The molecule has 3 saturated heterocycles. The van der Waals surface area contributed by atoms with Gasteiger partial charge in [0.15, 0.2) is 0 Å². The predicted octanol–water partition coefficient (Wildman–Crippen LogP) is 3.27. The summed E-state index contributed by atoms with van der Waals surface area (Å²) in [6, 6.07) is 7.03. The van der Waals surface area contributed by atoms with Gasteiger partial charge < -0.3 is 15.1 Å². The molecule has 4 aliphatic rings. The van der Waals surface area contributed by atoms with Crippen LogP contribution >= 0.6 is 0 Å². The summed E-state index contributed by atoms with van der Waals surface area (Å²) in [5, 5.41) is 3.92. The highest BCUT2D eigenvalue weighted by molar-refractivity contribution is 5.96. The first-order chi connectivity index (χ1) is 13.2. The van der Waals surface area contributed by atoms with Crippen molar-refractivity contribution >= 4 is 5.91 Å². The third-order valence-electron chi connectivity index (χ3n) is 7.17. The molecule has 0 aromatic heterocycles. The maximum atomic E-state index is 13.1. The zero-order chi connectivity index (χ0) is 18.8. The van der Waals surface area contributed by atoms with Crippen molar-refractivity contribution < 1.29 is 4.79 Å². The summed E-state index contributed by atoms with van der Waals surface area (Å²) < 4.78 is 0. The van der Waals surface area contributed by atoms with Crippen molar-refractivity contribution in [1.29, 1.82) is 0 Å². The fourth-order valence-electron chi connectivity index (χ4n) is 5.56. The van der Waals surface area contributed by atoms with Crippen LogP contribution in [-0.4, -0.2) is 61.0 Å². The van der Waals surface area contributed by atoms with Gasteiger partial charge in [0.05, 0.1) is 0 Å². The van der Waals surface area contributed by atoms with Gasteiger partial charge in [0.1, 0.15) is 0 Å². The average Bonchev–Trinajstić information content (AvgIpc) is 2.73. The monoisotopic (exact) mass is 369 g/mol. The number of amides is 1. The van der Waals surface area contributed by atoms with E-state index in [0.717, 1.165) is 37.5 Å². The first kappa shape index (κ1) is 18.9. The minimum absolute atomic E-state index is 0.214. The molecule has 1 N–H and O–H groups in total. The highest BCUT2D eigenvalue weighted by Gasteiger charge is 2.35. The van der Waals surface area contributed by atoms with Gasteiger partial charge in [0.2, 0.25) is 0 Å². The number of aryl methyl sites for hydroxylation is 1. The summed E-state index contributed by atoms with van der Waals surface area (Å²) >= 11 is 0. The van der Waals surface area contributed by atoms with Gasteiger partial charge in [-0.3, -0.25) is 4.79 Å². The molecule has 0 saturated carbocycles. The number of hydrogen-bond acceptors (Lipinski definition) is 3. The van der Waals surface area contributed by atoms with Crippen LogP contribution in [0.2, 0.25) is 0 Å². The van der Waals surface area contributed by atoms with E-state index in [1.54, 1.807) is 0 Å². The molecule has 2 bridgehead atoms. The first-order valence-corrected chi connectivity index (χ1v) is 11.1. The van der Waals surface area contributed by atoms with E-state index in [9.17, 15) is 4.79 Å². The van der Waals surface area contributed by atoms with Crippen LogP contribution in [-0.2, 0) is 6.42 Å². The van der Waals surface area contributed by atoms with E-state index in [-0.39, 0.29) is 5.91 Å². The summed E-state index contributed by atoms with van der Waals surface area (Å²) in [7, 11) is 0. The van der Waals surface area contributed by atoms with Gasteiger partial charge in [0.25, 0.3) is 5.91 Å². The topological polar surface area (TPSA) is 35.6 Å². The molecule has 3 fully saturated rings. The minimum Gasteiger partial charge on any atom is -0.339 e. The molecule has 1 aromatic carbocycles. The number of rotatable bonds is 6. The summed E-state index contributed by atoms with van der Waals surface area (Å²) in [5.74, 6) is 1.54. The number of fused-ring (bicyclic) bond motifs is 4. The SMILES string of the molecule is CCN(CC)C(=O)c1cccc2c1[C@@H](CN[C@H]1CN3CCC1CC3)CCC2. The maximum Gasteiger partial charge on any atom is 0.254 e. The Morgan fingerprint density at radius 3 is 2.63 bits per heavy atom. The molecular weight excluding hydrogens is 334 g/mol. The quantitative estimate of drug-likeness (QED) is 0.836. The Balaban J connectivity index is 1.52.